The lowest BCUT2D eigenvalue weighted by molar-refractivity contribution is 0.287. The minimum absolute atomic E-state index is 0.141. The minimum atomic E-state index is 0.141. The highest BCUT2D eigenvalue weighted by Crippen LogP contribution is 2.27. The molecule has 0 aliphatic carbocycles. The Hall–Kier alpha value is -0.160. The van der Waals surface area contributed by atoms with Gasteiger partial charge in [-0.05, 0) is 69.5 Å². The molecule has 21 heavy (non-hydrogen) atoms. The second-order valence-electron chi connectivity index (χ2n) is 7.33. The van der Waals surface area contributed by atoms with Crippen molar-refractivity contribution in [3.8, 4) is 0 Å². The van der Waals surface area contributed by atoms with Crippen LogP contribution in [0.15, 0.2) is 0 Å². The third-order valence-corrected chi connectivity index (χ3v) is 4.37. The van der Waals surface area contributed by atoms with Crippen LogP contribution in [-0.4, -0.2) is 25.8 Å². The van der Waals surface area contributed by atoms with Crippen LogP contribution in [-0.2, 0) is 0 Å². The van der Waals surface area contributed by atoms with Crippen molar-refractivity contribution in [2.24, 2.45) is 28.5 Å². The molecule has 128 valence electrons. The smallest absolute Gasteiger partial charge is 0.0546 e. The molecule has 0 aromatic carbocycles. The third-order valence-electron chi connectivity index (χ3n) is 4.37. The molecule has 2 unspecified atom stereocenters. The predicted molar refractivity (Wildman–Crippen MR) is 94.0 cm³/mol. The van der Waals surface area contributed by atoms with Gasteiger partial charge in [-0.1, -0.05) is 33.6 Å². The standard InChI is InChI=1S/C17H40N4/c1-15(9-13-19)7-4-8-16(20)21-14-6-11-17(2,3)10-5-12-18/h15-16,21H,4-14,18-20H2,1-3H3. The summed E-state index contributed by atoms with van der Waals surface area (Å²) in [6.45, 7) is 9.56. The Balaban J connectivity index is 3.55. The van der Waals surface area contributed by atoms with E-state index in [1.54, 1.807) is 0 Å². The van der Waals surface area contributed by atoms with E-state index in [9.17, 15) is 0 Å². The maximum absolute atomic E-state index is 6.11. The summed E-state index contributed by atoms with van der Waals surface area (Å²) >= 11 is 0. The van der Waals surface area contributed by atoms with Crippen LogP contribution in [0.1, 0.15) is 72.1 Å². The van der Waals surface area contributed by atoms with Crippen LogP contribution < -0.4 is 22.5 Å². The van der Waals surface area contributed by atoms with Crippen LogP contribution in [0.3, 0.4) is 0 Å². The molecule has 0 amide bonds. The van der Waals surface area contributed by atoms with Crippen LogP contribution in [0.4, 0.5) is 0 Å². The van der Waals surface area contributed by atoms with Gasteiger partial charge in [0, 0.05) is 0 Å². The molecule has 4 heteroatoms. The van der Waals surface area contributed by atoms with Gasteiger partial charge in [0.05, 0.1) is 6.17 Å². The van der Waals surface area contributed by atoms with Gasteiger partial charge in [0.25, 0.3) is 0 Å². The highest BCUT2D eigenvalue weighted by Gasteiger charge is 2.16. The second kappa shape index (κ2) is 12.4. The fraction of sp³-hybridized carbons (Fsp3) is 1.00. The van der Waals surface area contributed by atoms with E-state index < -0.39 is 0 Å². The first-order valence-electron chi connectivity index (χ1n) is 8.80. The minimum Gasteiger partial charge on any atom is -0.330 e. The Bertz CT molecular complexity index is 231. The predicted octanol–water partition coefficient (Wildman–Crippen LogP) is 2.56. The Morgan fingerprint density at radius 1 is 0.905 bits per heavy atom. The van der Waals surface area contributed by atoms with E-state index in [1.165, 1.54) is 32.1 Å². The normalized spacial score (nSPS) is 15.1. The van der Waals surface area contributed by atoms with Crippen molar-refractivity contribution < 1.29 is 0 Å². The van der Waals surface area contributed by atoms with Gasteiger partial charge < -0.3 is 22.5 Å². The lowest BCUT2D eigenvalue weighted by Gasteiger charge is -2.25. The molecular weight excluding hydrogens is 260 g/mol. The van der Waals surface area contributed by atoms with E-state index in [2.05, 4.69) is 26.1 Å². The Labute approximate surface area is 132 Å². The molecule has 2 atom stereocenters. The average Bonchev–Trinajstić information content (AvgIpc) is 2.42. The molecule has 0 radical (unpaired) electrons. The topological polar surface area (TPSA) is 90.1 Å². The molecule has 0 heterocycles. The maximum Gasteiger partial charge on any atom is 0.0546 e. The Morgan fingerprint density at radius 3 is 2.19 bits per heavy atom. The van der Waals surface area contributed by atoms with Crippen molar-refractivity contribution >= 4 is 0 Å². The summed E-state index contributed by atoms with van der Waals surface area (Å²) in [6.07, 6.45) is 9.52. The zero-order valence-corrected chi connectivity index (χ0v) is 14.7. The molecule has 0 rings (SSSR count). The van der Waals surface area contributed by atoms with E-state index in [0.29, 0.717) is 5.41 Å². The van der Waals surface area contributed by atoms with Gasteiger partial charge in [-0.3, -0.25) is 0 Å². The van der Waals surface area contributed by atoms with Gasteiger partial charge in [-0.2, -0.15) is 0 Å². The van der Waals surface area contributed by atoms with Crippen molar-refractivity contribution in [1.82, 2.24) is 5.32 Å². The average molecular weight is 301 g/mol. The van der Waals surface area contributed by atoms with Crippen molar-refractivity contribution in [2.75, 3.05) is 19.6 Å². The monoisotopic (exact) mass is 300 g/mol. The fourth-order valence-electron chi connectivity index (χ4n) is 2.78. The Kier molecular flexibility index (Phi) is 12.3. The summed E-state index contributed by atoms with van der Waals surface area (Å²) in [5.41, 5.74) is 17.7. The lowest BCUT2D eigenvalue weighted by atomic mass is 9.83. The highest BCUT2D eigenvalue weighted by molar-refractivity contribution is 4.70. The van der Waals surface area contributed by atoms with Gasteiger partial charge >= 0.3 is 0 Å². The second-order valence-corrected chi connectivity index (χ2v) is 7.33. The number of hydrogen-bond acceptors (Lipinski definition) is 4. The molecule has 4 nitrogen and oxygen atoms in total. The van der Waals surface area contributed by atoms with Gasteiger partial charge in [0.15, 0.2) is 0 Å². The van der Waals surface area contributed by atoms with E-state index >= 15 is 0 Å². The van der Waals surface area contributed by atoms with Crippen molar-refractivity contribution in [3.05, 3.63) is 0 Å². The van der Waals surface area contributed by atoms with Crippen LogP contribution >= 0.6 is 0 Å². The number of nitrogens with one attached hydrogen (secondary N) is 1. The van der Waals surface area contributed by atoms with Crippen LogP contribution in [0, 0.1) is 11.3 Å². The van der Waals surface area contributed by atoms with E-state index in [0.717, 1.165) is 44.8 Å². The molecule has 0 aromatic rings. The van der Waals surface area contributed by atoms with Gasteiger partial charge in [0.1, 0.15) is 0 Å². The molecule has 0 aromatic heterocycles. The van der Waals surface area contributed by atoms with Crippen LogP contribution in [0.25, 0.3) is 0 Å². The molecular formula is C17H40N4. The fourth-order valence-corrected chi connectivity index (χ4v) is 2.78. The summed E-state index contributed by atoms with van der Waals surface area (Å²) < 4.78 is 0. The van der Waals surface area contributed by atoms with Crippen molar-refractivity contribution in [1.29, 1.82) is 0 Å². The van der Waals surface area contributed by atoms with Crippen LogP contribution in [0.5, 0.6) is 0 Å². The van der Waals surface area contributed by atoms with Crippen LogP contribution in [0.2, 0.25) is 0 Å². The largest absolute Gasteiger partial charge is 0.330 e. The zero-order chi connectivity index (χ0) is 16.1. The highest BCUT2D eigenvalue weighted by atomic mass is 15.0. The lowest BCUT2D eigenvalue weighted by Crippen LogP contribution is -2.38. The Morgan fingerprint density at radius 2 is 1.57 bits per heavy atom. The summed E-state index contributed by atoms with van der Waals surface area (Å²) in [5, 5.41) is 3.45. The van der Waals surface area contributed by atoms with Gasteiger partial charge in [-0.15, -0.1) is 0 Å². The van der Waals surface area contributed by atoms with E-state index in [1.807, 2.05) is 0 Å². The van der Waals surface area contributed by atoms with E-state index in [4.69, 9.17) is 17.2 Å². The zero-order valence-electron chi connectivity index (χ0n) is 14.7. The summed E-state index contributed by atoms with van der Waals surface area (Å²) in [5.74, 6) is 0.727. The number of rotatable bonds is 14. The quantitative estimate of drug-likeness (QED) is 0.293. The summed E-state index contributed by atoms with van der Waals surface area (Å²) in [4.78, 5) is 0. The molecule has 0 saturated heterocycles. The molecule has 0 bridgehead atoms. The summed E-state index contributed by atoms with van der Waals surface area (Å²) in [6, 6.07) is 0. The van der Waals surface area contributed by atoms with Gasteiger partial charge in [0.2, 0.25) is 0 Å². The molecule has 0 fully saturated rings. The number of nitrogens with two attached hydrogens (primary N) is 3. The van der Waals surface area contributed by atoms with Gasteiger partial charge in [-0.25, -0.2) is 0 Å². The molecule has 0 aliphatic rings. The van der Waals surface area contributed by atoms with Crippen molar-refractivity contribution in [2.45, 2.75) is 78.3 Å². The molecule has 0 aliphatic heterocycles. The molecule has 0 spiro atoms. The van der Waals surface area contributed by atoms with E-state index in [-0.39, 0.29) is 6.17 Å². The summed E-state index contributed by atoms with van der Waals surface area (Å²) in [7, 11) is 0. The molecule has 0 saturated carbocycles. The third kappa shape index (κ3) is 13.2. The first kappa shape index (κ1) is 20.8. The van der Waals surface area contributed by atoms with Crippen molar-refractivity contribution in [3.63, 3.8) is 0 Å². The first-order chi connectivity index (χ1) is 9.91. The maximum atomic E-state index is 6.11. The SMILES string of the molecule is CC(CCN)CCCC(N)NCCCC(C)(C)CCCN. The first-order valence-corrected chi connectivity index (χ1v) is 8.80. The number of hydrogen-bond donors (Lipinski definition) is 4. The molecule has 7 N–H and O–H groups in total.